The number of hydrogen-bond donors (Lipinski definition) is 8. The second kappa shape index (κ2) is 11.8. The lowest BCUT2D eigenvalue weighted by atomic mass is 10.1. The van der Waals surface area contributed by atoms with Gasteiger partial charge in [0.1, 0.15) is 36.6 Å². The normalized spacial score (nSPS) is 19.6. The second-order valence-corrected chi connectivity index (χ2v) is 3.73. The van der Waals surface area contributed by atoms with Gasteiger partial charge in [0.15, 0.2) is 12.6 Å². The van der Waals surface area contributed by atoms with Crippen LogP contribution in [0.2, 0.25) is 0 Å². The van der Waals surface area contributed by atoms with E-state index in [1.54, 1.807) is 0 Å². The van der Waals surface area contributed by atoms with Gasteiger partial charge in [-0.1, -0.05) is 0 Å². The Hall–Kier alpha value is -0.980. The fourth-order valence-corrected chi connectivity index (χ4v) is 0.832. The number of carbonyl (C=O) groups is 2. The van der Waals surface area contributed by atoms with Gasteiger partial charge in [-0.05, 0) is 0 Å². The number of carbonyl (C=O) groups excluding carboxylic acids is 2. The molecule has 0 amide bonds. The van der Waals surface area contributed by atoms with E-state index in [-0.39, 0.29) is 12.6 Å². The van der Waals surface area contributed by atoms with Crippen molar-refractivity contribution in [1.82, 2.24) is 0 Å². The Kier molecular flexibility index (Phi) is 12.6. The van der Waals surface area contributed by atoms with Gasteiger partial charge in [0.05, 0.1) is 13.2 Å². The summed E-state index contributed by atoms with van der Waals surface area (Å²) in [7, 11) is 0. The summed E-state index contributed by atoms with van der Waals surface area (Å²) in [5.74, 6) is 0. The minimum atomic E-state index is -1.64. The summed E-state index contributed by atoms with van der Waals surface area (Å²) in [6.07, 6.45) is -9.26. The fraction of sp³-hybridized carbons (Fsp3) is 0.800. The molecule has 0 aromatic carbocycles. The molecule has 0 rings (SSSR count). The third-order valence-corrected chi connectivity index (χ3v) is 2.14. The first-order chi connectivity index (χ1) is 9.26. The zero-order valence-corrected chi connectivity index (χ0v) is 10.4. The van der Waals surface area contributed by atoms with Gasteiger partial charge in [-0.25, -0.2) is 0 Å². The van der Waals surface area contributed by atoms with Gasteiger partial charge in [-0.15, -0.1) is 0 Å². The molecule has 10 heteroatoms. The summed E-state index contributed by atoms with van der Waals surface area (Å²) in [6, 6.07) is 0. The molecular formula is C10H20O10. The molecule has 0 aliphatic heterocycles. The molecule has 0 aliphatic rings. The molecule has 0 aromatic heterocycles. The standard InChI is InChI=1S/2C5H10O5/c2*6-1-3(8)5(10)4(9)2-7/h2*1,3-5,7-10H,2H2/t2*3-,4+,5+/m00/s1. The molecule has 0 unspecified atom stereocenters. The van der Waals surface area contributed by atoms with E-state index in [9.17, 15) is 9.59 Å². The van der Waals surface area contributed by atoms with Gasteiger partial charge in [0, 0.05) is 0 Å². The number of aliphatic hydroxyl groups excluding tert-OH is 8. The summed E-state index contributed by atoms with van der Waals surface area (Å²) in [5, 5.41) is 68.1. The molecule has 8 N–H and O–H groups in total. The molecule has 0 radical (unpaired) electrons. The second-order valence-electron chi connectivity index (χ2n) is 3.73. The molecule has 20 heavy (non-hydrogen) atoms. The van der Waals surface area contributed by atoms with Crippen molar-refractivity contribution in [3.8, 4) is 0 Å². The monoisotopic (exact) mass is 300 g/mol. The summed E-state index contributed by atoms with van der Waals surface area (Å²) < 4.78 is 0. The molecule has 6 atom stereocenters. The van der Waals surface area contributed by atoms with Crippen molar-refractivity contribution < 1.29 is 50.4 Å². The molecule has 0 bridgehead atoms. The third kappa shape index (κ3) is 8.24. The molecule has 0 aliphatic carbocycles. The summed E-state index contributed by atoms with van der Waals surface area (Å²) in [6.45, 7) is -1.38. The Morgan fingerprint density at radius 2 is 0.900 bits per heavy atom. The van der Waals surface area contributed by atoms with Crippen LogP contribution in [-0.2, 0) is 9.59 Å². The highest BCUT2D eigenvalue weighted by molar-refractivity contribution is 5.57. The van der Waals surface area contributed by atoms with Gasteiger partial charge in [0.25, 0.3) is 0 Å². The lowest BCUT2D eigenvalue weighted by Crippen LogP contribution is -2.40. The van der Waals surface area contributed by atoms with E-state index >= 15 is 0 Å². The first-order valence-electron chi connectivity index (χ1n) is 5.47. The molecule has 0 fully saturated rings. The number of hydrogen-bond acceptors (Lipinski definition) is 10. The largest absolute Gasteiger partial charge is 0.394 e. The third-order valence-electron chi connectivity index (χ3n) is 2.14. The molecule has 0 aromatic rings. The smallest absolute Gasteiger partial charge is 0.151 e. The van der Waals surface area contributed by atoms with E-state index in [0.29, 0.717) is 0 Å². The maximum atomic E-state index is 9.76. The molecule has 0 saturated heterocycles. The molecular weight excluding hydrogens is 280 g/mol. The highest BCUT2D eigenvalue weighted by atomic mass is 16.4. The quantitative estimate of drug-likeness (QED) is 0.200. The summed E-state index contributed by atoms with van der Waals surface area (Å²) in [5.41, 5.74) is 0. The summed E-state index contributed by atoms with van der Waals surface area (Å²) in [4.78, 5) is 19.5. The predicted octanol–water partition coefficient (Wildman–Crippen LogP) is -5.48. The lowest BCUT2D eigenvalue weighted by Gasteiger charge is -2.16. The van der Waals surface area contributed by atoms with Crippen LogP contribution in [0.4, 0.5) is 0 Å². The average molecular weight is 300 g/mol. The van der Waals surface area contributed by atoms with Crippen LogP contribution in [0.5, 0.6) is 0 Å². The van der Waals surface area contributed by atoms with Gasteiger partial charge in [-0.2, -0.15) is 0 Å². The Balaban J connectivity index is 0. The predicted molar refractivity (Wildman–Crippen MR) is 62.3 cm³/mol. The zero-order valence-electron chi connectivity index (χ0n) is 10.4. The Labute approximate surface area is 114 Å². The van der Waals surface area contributed by atoms with E-state index in [2.05, 4.69) is 0 Å². The minimum Gasteiger partial charge on any atom is -0.394 e. The highest BCUT2D eigenvalue weighted by Crippen LogP contribution is 1.97. The van der Waals surface area contributed by atoms with Crippen LogP contribution >= 0.6 is 0 Å². The van der Waals surface area contributed by atoms with Crippen molar-refractivity contribution in [2.45, 2.75) is 36.6 Å². The van der Waals surface area contributed by atoms with Gasteiger partial charge < -0.3 is 50.4 Å². The van der Waals surface area contributed by atoms with Crippen molar-refractivity contribution in [3.05, 3.63) is 0 Å². The highest BCUT2D eigenvalue weighted by Gasteiger charge is 2.23. The van der Waals surface area contributed by atoms with E-state index in [4.69, 9.17) is 40.9 Å². The van der Waals surface area contributed by atoms with Gasteiger partial charge in [-0.3, -0.25) is 0 Å². The van der Waals surface area contributed by atoms with Gasteiger partial charge >= 0.3 is 0 Å². The molecule has 0 heterocycles. The first-order valence-corrected chi connectivity index (χ1v) is 5.47. The topological polar surface area (TPSA) is 196 Å². The molecule has 0 spiro atoms. The van der Waals surface area contributed by atoms with Crippen LogP contribution in [0.15, 0.2) is 0 Å². The first kappa shape index (κ1) is 21.3. The molecule has 120 valence electrons. The Morgan fingerprint density at radius 3 is 1.05 bits per heavy atom. The van der Waals surface area contributed by atoms with Crippen LogP contribution in [-0.4, -0.2) is 103 Å². The van der Waals surface area contributed by atoms with Crippen molar-refractivity contribution in [1.29, 1.82) is 0 Å². The van der Waals surface area contributed by atoms with E-state index < -0.39 is 49.8 Å². The van der Waals surface area contributed by atoms with Crippen LogP contribution in [0.3, 0.4) is 0 Å². The number of aldehydes is 2. The van der Waals surface area contributed by atoms with Crippen LogP contribution in [0.25, 0.3) is 0 Å². The van der Waals surface area contributed by atoms with Crippen LogP contribution in [0, 0.1) is 0 Å². The lowest BCUT2D eigenvalue weighted by molar-refractivity contribution is -0.128. The van der Waals surface area contributed by atoms with E-state index in [0.717, 1.165) is 0 Å². The van der Waals surface area contributed by atoms with Crippen LogP contribution < -0.4 is 0 Å². The van der Waals surface area contributed by atoms with Crippen molar-refractivity contribution in [3.63, 3.8) is 0 Å². The van der Waals surface area contributed by atoms with Crippen molar-refractivity contribution in [2.24, 2.45) is 0 Å². The van der Waals surface area contributed by atoms with E-state index in [1.807, 2.05) is 0 Å². The van der Waals surface area contributed by atoms with Crippen LogP contribution in [0.1, 0.15) is 0 Å². The fourth-order valence-electron chi connectivity index (χ4n) is 0.832. The Morgan fingerprint density at radius 1 is 0.650 bits per heavy atom. The van der Waals surface area contributed by atoms with Crippen molar-refractivity contribution >= 4 is 12.6 Å². The average Bonchev–Trinajstić information content (AvgIpc) is 2.50. The SMILES string of the molecule is O=C[C@H](O)[C@@H](O)[C@H](O)CO.O=C[C@H](O)[C@@H](O)[C@H](O)CO. The molecule has 10 nitrogen and oxygen atoms in total. The molecule has 0 saturated carbocycles. The maximum absolute atomic E-state index is 9.76. The van der Waals surface area contributed by atoms with E-state index in [1.165, 1.54) is 0 Å². The maximum Gasteiger partial charge on any atom is 0.151 e. The van der Waals surface area contributed by atoms with Gasteiger partial charge in [0.2, 0.25) is 0 Å². The summed E-state index contributed by atoms with van der Waals surface area (Å²) >= 11 is 0. The zero-order chi connectivity index (χ0) is 16.3. The Bertz CT molecular complexity index is 234. The number of aliphatic hydroxyl groups is 8. The van der Waals surface area contributed by atoms with Crippen molar-refractivity contribution in [2.75, 3.05) is 13.2 Å². The minimum absolute atomic E-state index is 0.0869. The number of rotatable bonds is 8.